The average molecular weight is 275 g/mol. The molecule has 0 saturated heterocycles. The Morgan fingerprint density at radius 2 is 1.83 bits per heavy atom. The van der Waals surface area contributed by atoms with Crippen molar-refractivity contribution in [1.82, 2.24) is 0 Å². The molecule has 4 nitrogen and oxygen atoms in total. The molecule has 1 rings (SSSR count). The maximum absolute atomic E-state index is 13.6. The molecule has 0 aliphatic heterocycles. The van der Waals surface area contributed by atoms with E-state index in [2.05, 4.69) is 9.47 Å². The van der Waals surface area contributed by atoms with Crippen LogP contribution in [-0.2, 0) is 25.5 Å². The number of carbonyl (C=O) groups excluding carboxylic acids is 2. The smallest absolute Gasteiger partial charge is 0.320 e. The quantitative estimate of drug-likeness (QED) is 0.622. The van der Waals surface area contributed by atoms with Gasteiger partial charge in [0.15, 0.2) is 5.92 Å². The van der Waals surface area contributed by atoms with Gasteiger partial charge in [-0.05, 0) is 12.1 Å². The third-order valence-corrected chi connectivity index (χ3v) is 2.80. The highest BCUT2D eigenvalue weighted by Crippen LogP contribution is 2.23. The lowest BCUT2D eigenvalue weighted by atomic mass is 9.99. The predicted octanol–water partition coefficient (Wildman–Crippen LogP) is 1.98. The number of esters is 2. The van der Waals surface area contributed by atoms with Gasteiger partial charge in [-0.15, -0.1) is 0 Å². The topological polar surface area (TPSA) is 52.6 Å². The molecule has 0 atom stereocenters. The Morgan fingerprint density at radius 3 is 2.28 bits per heavy atom. The summed E-state index contributed by atoms with van der Waals surface area (Å²) in [7, 11) is 2.28. The van der Waals surface area contributed by atoms with Crippen molar-refractivity contribution >= 4 is 23.5 Å². The fraction of sp³-hybridized carbons (Fsp3) is 0.333. The Balaban J connectivity index is 3.03. The molecule has 0 saturated carbocycles. The third kappa shape index (κ3) is 3.20. The van der Waals surface area contributed by atoms with E-state index in [1.165, 1.54) is 18.2 Å². The van der Waals surface area contributed by atoms with Crippen LogP contribution in [0.15, 0.2) is 18.2 Å². The molecule has 0 heterocycles. The molecule has 0 fully saturated rings. The number of benzene rings is 1. The van der Waals surface area contributed by atoms with Crippen molar-refractivity contribution in [3.63, 3.8) is 0 Å². The monoisotopic (exact) mass is 274 g/mol. The average Bonchev–Trinajstić information content (AvgIpc) is 2.37. The van der Waals surface area contributed by atoms with Crippen LogP contribution in [0.25, 0.3) is 0 Å². The minimum Gasteiger partial charge on any atom is -0.468 e. The normalized spacial score (nSPS) is 10.3. The highest BCUT2D eigenvalue weighted by atomic mass is 35.5. The van der Waals surface area contributed by atoms with Gasteiger partial charge < -0.3 is 9.47 Å². The van der Waals surface area contributed by atoms with Gasteiger partial charge in [0.2, 0.25) is 0 Å². The Bertz CT molecular complexity index is 425. The van der Waals surface area contributed by atoms with Gasteiger partial charge in [-0.2, -0.15) is 0 Å². The maximum Gasteiger partial charge on any atom is 0.320 e. The molecule has 0 aromatic heterocycles. The van der Waals surface area contributed by atoms with E-state index in [4.69, 9.17) is 11.6 Å². The van der Waals surface area contributed by atoms with E-state index in [1.807, 2.05) is 0 Å². The minimum atomic E-state index is -1.23. The van der Waals surface area contributed by atoms with Gasteiger partial charge in [-0.3, -0.25) is 9.59 Å². The second-order valence-electron chi connectivity index (χ2n) is 3.50. The number of hydrogen-bond donors (Lipinski definition) is 0. The van der Waals surface area contributed by atoms with Crippen molar-refractivity contribution in [3.05, 3.63) is 34.6 Å². The first-order valence-corrected chi connectivity index (χ1v) is 5.47. The van der Waals surface area contributed by atoms with E-state index >= 15 is 0 Å². The molecule has 98 valence electrons. The van der Waals surface area contributed by atoms with Crippen LogP contribution in [-0.4, -0.2) is 26.2 Å². The zero-order chi connectivity index (χ0) is 13.7. The van der Waals surface area contributed by atoms with Gasteiger partial charge in [-0.25, -0.2) is 4.39 Å². The predicted molar refractivity (Wildman–Crippen MR) is 62.6 cm³/mol. The molecule has 0 bridgehead atoms. The lowest BCUT2D eigenvalue weighted by molar-refractivity contribution is -0.158. The third-order valence-electron chi connectivity index (χ3n) is 2.44. The first-order valence-electron chi connectivity index (χ1n) is 5.09. The van der Waals surface area contributed by atoms with E-state index in [-0.39, 0.29) is 17.0 Å². The number of ether oxygens (including phenoxy) is 2. The summed E-state index contributed by atoms with van der Waals surface area (Å²) >= 11 is 5.83. The van der Waals surface area contributed by atoms with Gasteiger partial charge >= 0.3 is 11.9 Å². The van der Waals surface area contributed by atoms with Gasteiger partial charge in [0.25, 0.3) is 0 Å². The summed E-state index contributed by atoms with van der Waals surface area (Å²) in [5.74, 6) is -3.39. The van der Waals surface area contributed by atoms with E-state index in [0.29, 0.717) is 0 Å². The van der Waals surface area contributed by atoms with Gasteiger partial charge in [0.1, 0.15) is 5.82 Å². The summed E-state index contributed by atoms with van der Waals surface area (Å²) in [6, 6.07) is 4.12. The lowest BCUT2D eigenvalue weighted by Crippen LogP contribution is -2.28. The Hall–Kier alpha value is -1.62. The van der Waals surface area contributed by atoms with Gasteiger partial charge in [0, 0.05) is 17.0 Å². The van der Waals surface area contributed by atoms with Crippen molar-refractivity contribution in [1.29, 1.82) is 0 Å². The summed E-state index contributed by atoms with van der Waals surface area (Å²) in [5.41, 5.74) is 0.0833. The number of methoxy groups -OCH3 is 2. The van der Waals surface area contributed by atoms with Crippen LogP contribution in [0.4, 0.5) is 4.39 Å². The van der Waals surface area contributed by atoms with Crippen LogP contribution < -0.4 is 0 Å². The molecule has 18 heavy (non-hydrogen) atoms. The summed E-state index contributed by atoms with van der Waals surface area (Å²) in [6.45, 7) is 0. The standard InChI is InChI=1S/C12H12ClFO4/c1-17-11(15)8(12(16)18-2)6-7-9(13)4-3-5-10(7)14/h3-5,8H,6H2,1-2H3. The van der Waals surface area contributed by atoms with Crippen LogP contribution in [0.1, 0.15) is 5.56 Å². The van der Waals surface area contributed by atoms with Crippen LogP contribution in [0.5, 0.6) is 0 Å². The minimum absolute atomic E-state index is 0.0833. The zero-order valence-electron chi connectivity index (χ0n) is 9.91. The van der Waals surface area contributed by atoms with Crippen molar-refractivity contribution < 1.29 is 23.5 Å². The fourth-order valence-corrected chi connectivity index (χ4v) is 1.72. The second kappa shape index (κ2) is 6.35. The van der Waals surface area contributed by atoms with Crippen LogP contribution >= 0.6 is 11.6 Å². The molecular formula is C12H12ClFO4. The molecule has 1 aromatic carbocycles. The first kappa shape index (κ1) is 14.4. The van der Waals surface area contributed by atoms with Crippen molar-refractivity contribution in [2.24, 2.45) is 5.92 Å². The van der Waals surface area contributed by atoms with Gasteiger partial charge in [-0.1, -0.05) is 17.7 Å². The molecule has 0 aliphatic carbocycles. The highest BCUT2D eigenvalue weighted by molar-refractivity contribution is 6.31. The molecule has 0 amide bonds. The van der Waals surface area contributed by atoms with Crippen molar-refractivity contribution in [3.8, 4) is 0 Å². The van der Waals surface area contributed by atoms with E-state index in [0.717, 1.165) is 14.2 Å². The largest absolute Gasteiger partial charge is 0.468 e. The highest BCUT2D eigenvalue weighted by Gasteiger charge is 2.30. The zero-order valence-corrected chi connectivity index (χ0v) is 10.7. The molecule has 1 aromatic rings. The van der Waals surface area contributed by atoms with Crippen LogP contribution in [0.3, 0.4) is 0 Å². The lowest BCUT2D eigenvalue weighted by Gasteiger charge is -2.13. The molecule has 0 spiro atoms. The molecule has 0 radical (unpaired) electrons. The Kier molecular flexibility index (Phi) is 5.09. The molecule has 6 heteroatoms. The molecule has 0 N–H and O–H groups in total. The molecule has 0 aliphatic rings. The molecule has 0 unspecified atom stereocenters. The van der Waals surface area contributed by atoms with Crippen LogP contribution in [0.2, 0.25) is 5.02 Å². The van der Waals surface area contributed by atoms with E-state index < -0.39 is 23.7 Å². The SMILES string of the molecule is COC(=O)C(Cc1c(F)cccc1Cl)C(=O)OC. The first-order chi connectivity index (χ1) is 8.51. The van der Waals surface area contributed by atoms with Gasteiger partial charge in [0.05, 0.1) is 14.2 Å². The fourth-order valence-electron chi connectivity index (χ4n) is 1.48. The van der Waals surface area contributed by atoms with Crippen molar-refractivity contribution in [2.45, 2.75) is 6.42 Å². The summed E-state index contributed by atoms with van der Waals surface area (Å²) in [6.07, 6.45) is -0.204. The maximum atomic E-state index is 13.6. The number of hydrogen-bond acceptors (Lipinski definition) is 4. The molecular weight excluding hydrogens is 263 g/mol. The number of halogens is 2. The Morgan fingerprint density at radius 1 is 1.28 bits per heavy atom. The summed E-state index contributed by atoms with van der Waals surface area (Å²) < 4.78 is 22.5. The van der Waals surface area contributed by atoms with E-state index in [1.54, 1.807) is 0 Å². The second-order valence-corrected chi connectivity index (χ2v) is 3.91. The number of carbonyl (C=O) groups is 2. The van der Waals surface area contributed by atoms with Crippen molar-refractivity contribution in [2.75, 3.05) is 14.2 Å². The van der Waals surface area contributed by atoms with Crippen LogP contribution in [0, 0.1) is 11.7 Å². The summed E-state index contributed by atoms with van der Waals surface area (Å²) in [4.78, 5) is 22.9. The Labute approximate surface area is 109 Å². The number of rotatable bonds is 4. The summed E-state index contributed by atoms with van der Waals surface area (Å²) in [5, 5.41) is 0.146. The van der Waals surface area contributed by atoms with E-state index in [9.17, 15) is 14.0 Å².